The first-order valence-corrected chi connectivity index (χ1v) is 4.83. The number of aromatic nitrogens is 2. The second-order valence-corrected chi connectivity index (χ2v) is 3.66. The van der Waals surface area contributed by atoms with Gasteiger partial charge in [-0.25, -0.2) is 4.98 Å². The van der Waals surface area contributed by atoms with E-state index in [1.54, 1.807) is 0 Å². The van der Waals surface area contributed by atoms with E-state index in [0.717, 1.165) is 0 Å². The van der Waals surface area contributed by atoms with E-state index in [4.69, 9.17) is 14.6 Å². The highest BCUT2D eigenvalue weighted by Gasteiger charge is 2.54. The van der Waals surface area contributed by atoms with Crippen molar-refractivity contribution in [3.8, 4) is 11.6 Å². The van der Waals surface area contributed by atoms with E-state index >= 15 is 0 Å². The highest BCUT2D eigenvalue weighted by atomic mass is 16.5. The van der Waals surface area contributed by atoms with E-state index in [2.05, 4.69) is 9.97 Å². The molecule has 16 heavy (non-hydrogen) atoms. The van der Waals surface area contributed by atoms with Crippen molar-refractivity contribution >= 4 is 5.97 Å². The Morgan fingerprint density at radius 1 is 1.44 bits per heavy atom. The lowest BCUT2D eigenvalue weighted by molar-refractivity contribution is -0.140. The van der Waals surface area contributed by atoms with Crippen LogP contribution in [0.25, 0.3) is 0 Å². The summed E-state index contributed by atoms with van der Waals surface area (Å²) in [7, 11) is 2.93. The molecule has 1 fully saturated rings. The normalized spacial score (nSPS) is 16.6. The zero-order valence-corrected chi connectivity index (χ0v) is 9.06. The van der Waals surface area contributed by atoms with Crippen LogP contribution in [0.4, 0.5) is 0 Å². The molecule has 1 aliphatic carbocycles. The summed E-state index contributed by atoms with van der Waals surface area (Å²) in [6.07, 6.45) is 2.57. The van der Waals surface area contributed by atoms with Crippen molar-refractivity contribution in [2.75, 3.05) is 14.2 Å². The fraction of sp³-hybridized carbons (Fsp3) is 0.500. The molecular weight excluding hydrogens is 212 g/mol. The highest BCUT2D eigenvalue weighted by molar-refractivity contribution is 5.83. The van der Waals surface area contributed by atoms with Crippen molar-refractivity contribution in [1.82, 2.24) is 9.97 Å². The van der Waals surface area contributed by atoms with E-state index in [0.29, 0.717) is 18.6 Å². The lowest BCUT2D eigenvalue weighted by Gasteiger charge is -2.11. The molecule has 1 aromatic rings. The van der Waals surface area contributed by atoms with Gasteiger partial charge in [-0.15, -0.1) is 0 Å². The standard InChI is InChI=1S/C10H12N2O4/c1-15-6-5-11-8(12-7(6)16-2)10(3-4-10)9(13)14/h5H,3-4H2,1-2H3,(H,13,14). The Morgan fingerprint density at radius 2 is 2.12 bits per heavy atom. The second-order valence-electron chi connectivity index (χ2n) is 3.66. The van der Waals surface area contributed by atoms with E-state index in [9.17, 15) is 4.79 Å². The first kappa shape index (κ1) is 10.7. The maximum absolute atomic E-state index is 11.1. The van der Waals surface area contributed by atoms with Crippen LogP contribution in [-0.2, 0) is 10.2 Å². The molecule has 0 spiro atoms. The number of hydrogen-bond acceptors (Lipinski definition) is 5. The Kier molecular flexibility index (Phi) is 2.41. The first-order chi connectivity index (χ1) is 7.64. The average molecular weight is 224 g/mol. The molecule has 0 saturated heterocycles. The minimum Gasteiger partial charge on any atom is -0.490 e. The molecular formula is C10H12N2O4. The summed E-state index contributed by atoms with van der Waals surface area (Å²) in [4.78, 5) is 19.2. The molecule has 0 amide bonds. The Morgan fingerprint density at radius 3 is 2.56 bits per heavy atom. The Bertz CT molecular complexity index is 429. The van der Waals surface area contributed by atoms with Gasteiger partial charge in [-0.2, -0.15) is 4.98 Å². The maximum Gasteiger partial charge on any atom is 0.317 e. The van der Waals surface area contributed by atoms with Crippen molar-refractivity contribution in [1.29, 1.82) is 0 Å². The van der Waals surface area contributed by atoms with Crippen LogP contribution in [0, 0.1) is 0 Å². The molecule has 1 saturated carbocycles. The molecule has 0 aliphatic heterocycles. The number of methoxy groups -OCH3 is 2. The van der Waals surface area contributed by atoms with Gasteiger partial charge in [0.1, 0.15) is 11.2 Å². The van der Waals surface area contributed by atoms with E-state index in [1.165, 1.54) is 20.4 Å². The van der Waals surface area contributed by atoms with Gasteiger partial charge in [-0.1, -0.05) is 0 Å². The molecule has 6 heteroatoms. The molecule has 0 unspecified atom stereocenters. The summed E-state index contributed by atoms with van der Waals surface area (Å²) in [5, 5.41) is 9.10. The number of nitrogens with zero attached hydrogens (tertiary/aromatic N) is 2. The molecule has 0 radical (unpaired) electrons. The molecule has 6 nitrogen and oxygen atoms in total. The maximum atomic E-state index is 11.1. The zero-order valence-electron chi connectivity index (χ0n) is 9.06. The van der Waals surface area contributed by atoms with Crippen LogP contribution in [0.15, 0.2) is 6.20 Å². The van der Waals surface area contributed by atoms with Crippen LogP contribution < -0.4 is 9.47 Å². The number of carbonyl (C=O) groups is 1. The summed E-state index contributed by atoms with van der Waals surface area (Å²) < 4.78 is 10.00. The molecule has 2 rings (SSSR count). The van der Waals surface area contributed by atoms with Gasteiger partial charge in [-0.3, -0.25) is 4.79 Å². The molecule has 0 bridgehead atoms. The third-order valence-corrected chi connectivity index (χ3v) is 2.72. The molecule has 1 N–H and O–H groups in total. The number of hydrogen-bond donors (Lipinski definition) is 1. The predicted octanol–water partition coefficient (Wildman–Crippen LogP) is 0.610. The lowest BCUT2D eigenvalue weighted by atomic mass is 10.1. The zero-order chi connectivity index (χ0) is 11.8. The topological polar surface area (TPSA) is 81.5 Å². The van der Waals surface area contributed by atoms with Gasteiger partial charge in [0.15, 0.2) is 5.75 Å². The molecule has 0 aromatic carbocycles. The summed E-state index contributed by atoms with van der Waals surface area (Å²) in [5.74, 6) is 0.0600. The van der Waals surface area contributed by atoms with Gasteiger partial charge in [0.05, 0.1) is 20.4 Å². The number of rotatable bonds is 4. The Hall–Kier alpha value is -1.85. The third kappa shape index (κ3) is 1.46. The van der Waals surface area contributed by atoms with Gasteiger partial charge >= 0.3 is 5.97 Å². The summed E-state index contributed by atoms with van der Waals surface area (Å²) in [5.41, 5.74) is -0.917. The van der Waals surface area contributed by atoms with Crippen molar-refractivity contribution in [3.05, 3.63) is 12.0 Å². The SMILES string of the molecule is COc1cnc(C2(C(=O)O)CC2)nc1OC. The molecule has 86 valence electrons. The fourth-order valence-corrected chi connectivity index (χ4v) is 1.53. The van der Waals surface area contributed by atoms with Crippen molar-refractivity contribution in [3.63, 3.8) is 0 Å². The fourth-order valence-electron chi connectivity index (χ4n) is 1.53. The smallest absolute Gasteiger partial charge is 0.317 e. The van der Waals surface area contributed by atoms with Gasteiger partial charge in [0.2, 0.25) is 0 Å². The summed E-state index contributed by atoms with van der Waals surface area (Å²) in [6, 6.07) is 0. The summed E-state index contributed by atoms with van der Waals surface area (Å²) in [6.45, 7) is 0. The van der Waals surface area contributed by atoms with Gasteiger partial charge in [0, 0.05) is 0 Å². The minimum atomic E-state index is -0.917. The van der Waals surface area contributed by atoms with Gasteiger partial charge in [0.25, 0.3) is 5.88 Å². The number of aliphatic carboxylic acids is 1. The lowest BCUT2D eigenvalue weighted by Crippen LogP contribution is -2.22. The van der Waals surface area contributed by atoms with Crippen LogP contribution in [0.5, 0.6) is 11.6 Å². The van der Waals surface area contributed by atoms with Gasteiger partial charge in [-0.05, 0) is 12.8 Å². The number of carboxylic acid groups (broad SMARTS) is 1. The third-order valence-electron chi connectivity index (χ3n) is 2.72. The largest absolute Gasteiger partial charge is 0.490 e. The minimum absolute atomic E-state index is 0.264. The summed E-state index contributed by atoms with van der Waals surface area (Å²) >= 11 is 0. The van der Waals surface area contributed by atoms with Crippen molar-refractivity contribution < 1.29 is 19.4 Å². The van der Waals surface area contributed by atoms with Crippen molar-refractivity contribution in [2.24, 2.45) is 0 Å². The quantitative estimate of drug-likeness (QED) is 0.806. The van der Waals surface area contributed by atoms with Crippen LogP contribution in [-0.4, -0.2) is 35.3 Å². The molecule has 0 atom stereocenters. The van der Waals surface area contributed by atoms with E-state index < -0.39 is 11.4 Å². The van der Waals surface area contributed by atoms with E-state index in [-0.39, 0.29) is 11.7 Å². The van der Waals surface area contributed by atoms with Crippen LogP contribution in [0.2, 0.25) is 0 Å². The van der Waals surface area contributed by atoms with Gasteiger partial charge < -0.3 is 14.6 Å². The monoisotopic (exact) mass is 224 g/mol. The van der Waals surface area contributed by atoms with Crippen LogP contribution in [0.3, 0.4) is 0 Å². The first-order valence-electron chi connectivity index (χ1n) is 4.83. The highest BCUT2D eigenvalue weighted by Crippen LogP contribution is 2.47. The second kappa shape index (κ2) is 3.62. The Labute approximate surface area is 92.2 Å². The van der Waals surface area contributed by atoms with Crippen molar-refractivity contribution in [2.45, 2.75) is 18.3 Å². The molecule has 1 heterocycles. The van der Waals surface area contributed by atoms with Crippen LogP contribution in [0.1, 0.15) is 18.7 Å². The Balaban J connectivity index is 2.40. The van der Waals surface area contributed by atoms with E-state index in [1.807, 2.05) is 0 Å². The average Bonchev–Trinajstić information content (AvgIpc) is 3.09. The van der Waals surface area contributed by atoms with Crippen LogP contribution >= 0.6 is 0 Å². The predicted molar refractivity (Wildman–Crippen MR) is 53.7 cm³/mol. The number of ether oxygens (including phenoxy) is 2. The molecule has 1 aliphatic rings. The molecule has 1 aromatic heterocycles. The number of carboxylic acids is 1.